The van der Waals surface area contributed by atoms with Gasteiger partial charge in [0.1, 0.15) is 5.82 Å². The molecule has 88 valence electrons. The Morgan fingerprint density at radius 2 is 2.29 bits per heavy atom. The van der Waals surface area contributed by atoms with Gasteiger partial charge in [-0.3, -0.25) is 10.1 Å². The first-order valence-corrected chi connectivity index (χ1v) is 4.71. The first kappa shape index (κ1) is 11.2. The predicted molar refractivity (Wildman–Crippen MR) is 56.4 cm³/mol. The smallest absolute Gasteiger partial charge is 0.283 e. The van der Waals surface area contributed by atoms with Gasteiger partial charge in [-0.15, -0.1) is 0 Å². The molecule has 17 heavy (non-hydrogen) atoms. The first-order chi connectivity index (χ1) is 8.11. The Kier molecular flexibility index (Phi) is 2.84. The van der Waals surface area contributed by atoms with Crippen LogP contribution < -0.4 is 5.73 Å². The lowest BCUT2D eigenvalue weighted by atomic mass is 10.1. The zero-order valence-corrected chi connectivity index (χ0v) is 8.59. The van der Waals surface area contributed by atoms with E-state index in [-0.39, 0.29) is 29.4 Å². The molecule has 0 aliphatic carbocycles. The van der Waals surface area contributed by atoms with E-state index in [0.717, 1.165) is 12.1 Å². The second-order valence-electron chi connectivity index (χ2n) is 3.24. The Bertz CT molecular complexity index is 568. The fourth-order valence-electron chi connectivity index (χ4n) is 1.39. The molecule has 2 N–H and O–H groups in total. The molecule has 0 atom stereocenters. The number of oxazole rings is 1. The molecule has 0 aliphatic rings. The lowest BCUT2D eigenvalue weighted by Crippen LogP contribution is -1.95. The summed E-state index contributed by atoms with van der Waals surface area (Å²) in [6.45, 7) is 0.0923. The maximum atomic E-state index is 12.9. The van der Waals surface area contributed by atoms with Crippen molar-refractivity contribution in [2.75, 3.05) is 0 Å². The molecule has 0 amide bonds. The number of nitro groups is 1. The summed E-state index contributed by atoms with van der Waals surface area (Å²) in [6.07, 6.45) is 1.32. The van der Waals surface area contributed by atoms with E-state index in [0.29, 0.717) is 0 Å². The van der Waals surface area contributed by atoms with Crippen molar-refractivity contribution in [3.05, 3.63) is 46.2 Å². The molecule has 2 rings (SSSR count). The van der Waals surface area contributed by atoms with Crippen LogP contribution in [0.5, 0.6) is 0 Å². The Morgan fingerprint density at radius 3 is 2.88 bits per heavy atom. The van der Waals surface area contributed by atoms with Crippen LogP contribution in [0.25, 0.3) is 11.3 Å². The van der Waals surface area contributed by atoms with Crippen LogP contribution in [0.1, 0.15) is 5.89 Å². The normalized spacial score (nSPS) is 10.5. The highest BCUT2D eigenvalue weighted by atomic mass is 19.1. The number of benzene rings is 1. The van der Waals surface area contributed by atoms with Crippen molar-refractivity contribution in [3.8, 4) is 11.3 Å². The number of nitro benzene ring substituents is 1. The average molecular weight is 237 g/mol. The minimum absolute atomic E-state index is 0.0923. The molecule has 6 nitrogen and oxygen atoms in total. The molecule has 0 radical (unpaired) electrons. The second-order valence-corrected chi connectivity index (χ2v) is 3.24. The van der Waals surface area contributed by atoms with Crippen molar-refractivity contribution in [2.24, 2.45) is 5.73 Å². The third-order valence-electron chi connectivity index (χ3n) is 2.15. The van der Waals surface area contributed by atoms with Gasteiger partial charge >= 0.3 is 0 Å². The van der Waals surface area contributed by atoms with Crippen LogP contribution in [0.2, 0.25) is 0 Å². The van der Waals surface area contributed by atoms with Gasteiger partial charge in [0.05, 0.1) is 29.3 Å². The van der Waals surface area contributed by atoms with Gasteiger partial charge in [0.2, 0.25) is 5.89 Å². The molecule has 1 aromatic carbocycles. The van der Waals surface area contributed by atoms with Crippen LogP contribution in [0.3, 0.4) is 0 Å². The number of hydrogen-bond acceptors (Lipinski definition) is 5. The van der Waals surface area contributed by atoms with Gasteiger partial charge in [0, 0.05) is 0 Å². The SMILES string of the molecule is NCc1ncc(-c2ccc(F)cc2[N+](=O)[O-])o1. The minimum atomic E-state index is -0.681. The lowest BCUT2D eigenvalue weighted by molar-refractivity contribution is -0.384. The van der Waals surface area contributed by atoms with Crippen LogP contribution in [0.4, 0.5) is 10.1 Å². The van der Waals surface area contributed by atoms with Crippen molar-refractivity contribution >= 4 is 5.69 Å². The summed E-state index contributed by atoms with van der Waals surface area (Å²) in [7, 11) is 0. The molecule has 0 fully saturated rings. The molecule has 0 saturated carbocycles. The number of aromatic nitrogens is 1. The average Bonchev–Trinajstić information content (AvgIpc) is 2.77. The Hall–Kier alpha value is -2.28. The highest BCUT2D eigenvalue weighted by Crippen LogP contribution is 2.30. The minimum Gasteiger partial charge on any atom is -0.439 e. The van der Waals surface area contributed by atoms with E-state index in [4.69, 9.17) is 10.2 Å². The number of halogens is 1. The summed E-state index contributed by atoms with van der Waals surface area (Å²) in [5.74, 6) is -0.227. The topological polar surface area (TPSA) is 95.2 Å². The molecule has 0 unspecified atom stereocenters. The number of nitrogens with zero attached hydrogens (tertiary/aromatic N) is 2. The monoisotopic (exact) mass is 237 g/mol. The van der Waals surface area contributed by atoms with Gasteiger partial charge in [0.25, 0.3) is 5.69 Å². The standard InChI is InChI=1S/C10H8FN3O3/c11-6-1-2-7(8(3-6)14(15)16)9-5-13-10(4-12)17-9/h1-3,5H,4,12H2. The predicted octanol–water partition coefficient (Wildman–Crippen LogP) is 1.85. The van der Waals surface area contributed by atoms with Crippen molar-refractivity contribution < 1.29 is 13.7 Å². The summed E-state index contributed by atoms with van der Waals surface area (Å²) in [5, 5.41) is 10.8. The van der Waals surface area contributed by atoms with Crippen molar-refractivity contribution in [1.82, 2.24) is 4.98 Å². The maximum Gasteiger partial charge on any atom is 0.283 e. The Labute approximate surface area is 95.0 Å². The van der Waals surface area contributed by atoms with Gasteiger partial charge in [-0.2, -0.15) is 0 Å². The summed E-state index contributed by atoms with van der Waals surface area (Å²) in [6, 6.07) is 3.22. The van der Waals surface area contributed by atoms with Gasteiger partial charge in [-0.05, 0) is 12.1 Å². The number of nitrogens with two attached hydrogens (primary N) is 1. The van der Waals surface area contributed by atoms with E-state index in [1.54, 1.807) is 0 Å². The van der Waals surface area contributed by atoms with E-state index >= 15 is 0 Å². The van der Waals surface area contributed by atoms with Crippen LogP contribution in [0, 0.1) is 15.9 Å². The Balaban J connectivity index is 2.54. The van der Waals surface area contributed by atoms with E-state index in [2.05, 4.69) is 4.98 Å². The van der Waals surface area contributed by atoms with Crippen molar-refractivity contribution in [1.29, 1.82) is 0 Å². The number of rotatable bonds is 3. The van der Waals surface area contributed by atoms with E-state index < -0.39 is 10.7 Å². The summed E-state index contributed by atoms with van der Waals surface area (Å²) < 4.78 is 18.1. The molecule has 0 saturated heterocycles. The molecule has 1 heterocycles. The van der Waals surface area contributed by atoms with Gasteiger partial charge < -0.3 is 10.2 Å². The molecule has 2 aromatic rings. The first-order valence-electron chi connectivity index (χ1n) is 4.71. The van der Waals surface area contributed by atoms with Gasteiger partial charge in [-0.1, -0.05) is 0 Å². The highest BCUT2D eigenvalue weighted by Gasteiger charge is 2.19. The lowest BCUT2D eigenvalue weighted by Gasteiger charge is -1.99. The zero-order valence-electron chi connectivity index (χ0n) is 8.59. The fourth-order valence-corrected chi connectivity index (χ4v) is 1.39. The molecule has 0 bridgehead atoms. The largest absolute Gasteiger partial charge is 0.439 e. The quantitative estimate of drug-likeness (QED) is 0.649. The molecule has 7 heteroatoms. The van der Waals surface area contributed by atoms with Gasteiger partial charge in [-0.25, -0.2) is 9.37 Å². The molecule has 1 aromatic heterocycles. The molecular formula is C10H8FN3O3. The molecule has 0 spiro atoms. The van der Waals surface area contributed by atoms with Crippen LogP contribution in [-0.2, 0) is 6.54 Å². The molecule has 0 aliphatic heterocycles. The van der Waals surface area contributed by atoms with E-state index in [1.165, 1.54) is 12.3 Å². The molecular weight excluding hydrogens is 229 g/mol. The van der Waals surface area contributed by atoms with E-state index in [9.17, 15) is 14.5 Å². The van der Waals surface area contributed by atoms with Gasteiger partial charge in [0.15, 0.2) is 5.76 Å². The highest BCUT2D eigenvalue weighted by molar-refractivity contribution is 5.68. The van der Waals surface area contributed by atoms with E-state index in [1.807, 2.05) is 0 Å². The van der Waals surface area contributed by atoms with Crippen LogP contribution in [-0.4, -0.2) is 9.91 Å². The third-order valence-corrected chi connectivity index (χ3v) is 2.15. The third kappa shape index (κ3) is 2.13. The zero-order chi connectivity index (χ0) is 12.4. The van der Waals surface area contributed by atoms with Crippen LogP contribution >= 0.6 is 0 Å². The summed E-state index contributed by atoms with van der Waals surface area (Å²) in [5.41, 5.74) is 5.11. The number of hydrogen-bond donors (Lipinski definition) is 1. The maximum absolute atomic E-state index is 12.9. The summed E-state index contributed by atoms with van der Waals surface area (Å²) >= 11 is 0. The fraction of sp³-hybridized carbons (Fsp3) is 0.100. The Morgan fingerprint density at radius 1 is 1.53 bits per heavy atom. The van der Waals surface area contributed by atoms with Crippen LogP contribution in [0.15, 0.2) is 28.8 Å². The van der Waals surface area contributed by atoms with Crippen molar-refractivity contribution in [2.45, 2.75) is 6.54 Å². The van der Waals surface area contributed by atoms with Crippen molar-refractivity contribution in [3.63, 3.8) is 0 Å². The second kappa shape index (κ2) is 4.30. The summed E-state index contributed by atoms with van der Waals surface area (Å²) in [4.78, 5) is 13.9.